The number of thiol groups is 1. The molecule has 0 aliphatic carbocycles. The molecule has 3 nitrogen and oxygen atoms in total. The number of rotatable bonds is 6. The van der Waals surface area contributed by atoms with E-state index in [9.17, 15) is 4.79 Å². The highest BCUT2D eigenvalue weighted by molar-refractivity contribution is 7.80. The van der Waals surface area contributed by atoms with E-state index >= 15 is 0 Å². The maximum Gasteiger partial charge on any atom is 0.255 e. The Hall–Kier alpha value is -0.710. The number of hydrogen-bond donors (Lipinski definition) is 2. The summed E-state index contributed by atoms with van der Waals surface area (Å²) in [5, 5.41) is 9.57. The molecule has 0 saturated carbocycles. The number of aliphatic hydroxyl groups is 1. The number of amides is 1. The molecule has 1 aromatic rings. The second kappa shape index (κ2) is 7.78. The van der Waals surface area contributed by atoms with Crippen LogP contribution in [0.4, 0.5) is 0 Å². The Bertz CT molecular complexity index is 435. The first kappa shape index (κ1) is 16.3. The van der Waals surface area contributed by atoms with Crippen LogP contribution in [0.3, 0.4) is 0 Å². The van der Waals surface area contributed by atoms with Gasteiger partial charge in [-0.2, -0.15) is 0 Å². The quantitative estimate of drug-likeness (QED) is 0.792. The number of benzene rings is 1. The molecule has 0 saturated heterocycles. The molecular weight excluding hydrogens is 282 g/mol. The van der Waals surface area contributed by atoms with E-state index in [2.05, 4.69) is 12.6 Å². The highest BCUT2D eigenvalue weighted by Gasteiger charge is 2.23. The van der Waals surface area contributed by atoms with E-state index in [1.54, 1.807) is 23.1 Å². The fourth-order valence-corrected chi connectivity index (χ4v) is 2.52. The van der Waals surface area contributed by atoms with Gasteiger partial charge in [0.05, 0.1) is 17.2 Å². The van der Waals surface area contributed by atoms with Crippen molar-refractivity contribution in [3.8, 4) is 0 Å². The number of halogens is 1. The molecule has 1 aromatic carbocycles. The van der Waals surface area contributed by atoms with Crippen LogP contribution in [0.15, 0.2) is 23.1 Å². The molecule has 0 bridgehead atoms. The van der Waals surface area contributed by atoms with Gasteiger partial charge in [-0.25, -0.2) is 0 Å². The molecule has 0 aliphatic heterocycles. The molecule has 0 atom stereocenters. The van der Waals surface area contributed by atoms with Crippen molar-refractivity contribution in [1.29, 1.82) is 0 Å². The molecule has 106 valence electrons. The van der Waals surface area contributed by atoms with E-state index in [1.165, 1.54) is 0 Å². The van der Waals surface area contributed by atoms with E-state index in [1.807, 2.05) is 13.8 Å². The van der Waals surface area contributed by atoms with Crippen LogP contribution in [-0.4, -0.2) is 35.1 Å². The molecule has 0 spiro atoms. The lowest BCUT2D eigenvalue weighted by Crippen LogP contribution is -2.41. The van der Waals surface area contributed by atoms with Gasteiger partial charge < -0.3 is 10.0 Å². The van der Waals surface area contributed by atoms with Crippen molar-refractivity contribution in [1.82, 2.24) is 4.90 Å². The Morgan fingerprint density at radius 2 is 2.05 bits per heavy atom. The van der Waals surface area contributed by atoms with Crippen molar-refractivity contribution in [2.24, 2.45) is 0 Å². The smallest absolute Gasteiger partial charge is 0.255 e. The van der Waals surface area contributed by atoms with Crippen LogP contribution in [0.5, 0.6) is 0 Å². The summed E-state index contributed by atoms with van der Waals surface area (Å²) in [6.45, 7) is 4.32. The molecule has 1 amide bonds. The summed E-state index contributed by atoms with van der Waals surface area (Å²) in [7, 11) is 0. The predicted molar refractivity (Wildman–Crippen MR) is 81.2 cm³/mol. The maximum atomic E-state index is 12.6. The van der Waals surface area contributed by atoms with E-state index in [4.69, 9.17) is 16.7 Å². The molecule has 5 heteroatoms. The van der Waals surface area contributed by atoms with Crippen LogP contribution in [-0.2, 0) is 0 Å². The minimum atomic E-state index is -0.149. The third-order valence-electron chi connectivity index (χ3n) is 3.17. The summed E-state index contributed by atoms with van der Waals surface area (Å²) < 4.78 is 0. The summed E-state index contributed by atoms with van der Waals surface area (Å²) in [5.74, 6) is -0.149. The zero-order valence-electron chi connectivity index (χ0n) is 11.3. The SMILES string of the molecule is CCC(CC)N(CCO)C(=O)c1cc(S)ccc1Cl. The van der Waals surface area contributed by atoms with E-state index in [-0.39, 0.29) is 18.6 Å². The number of carbonyl (C=O) groups excluding carboxylic acids is 1. The normalized spacial score (nSPS) is 10.8. The van der Waals surface area contributed by atoms with Crippen molar-refractivity contribution in [2.75, 3.05) is 13.2 Å². The number of hydrogen-bond acceptors (Lipinski definition) is 3. The summed E-state index contributed by atoms with van der Waals surface area (Å²) in [6, 6.07) is 5.19. The minimum absolute atomic E-state index is 0.0551. The highest BCUT2D eigenvalue weighted by Crippen LogP contribution is 2.23. The molecule has 0 unspecified atom stereocenters. The van der Waals surface area contributed by atoms with Gasteiger partial charge in [-0.1, -0.05) is 25.4 Å². The standard InChI is InChI=1S/C14H20ClNO2S/c1-3-10(4-2)16(7-8-17)14(18)12-9-11(19)5-6-13(12)15/h5-6,9-10,17,19H,3-4,7-8H2,1-2H3. The largest absolute Gasteiger partial charge is 0.395 e. The molecule has 0 heterocycles. The second-order valence-corrected chi connectivity index (χ2v) is 5.28. The first-order valence-corrected chi connectivity index (χ1v) is 7.27. The van der Waals surface area contributed by atoms with Crippen LogP contribution >= 0.6 is 24.2 Å². The van der Waals surface area contributed by atoms with Gasteiger partial charge in [-0.05, 0) is 31.0 Å². The Balaban J connectivity index is 3.08. The fraction of sp³-hybridized carbons (Fsp3) is 0.500. The van der Waals surface area contributed by atoms with Gasteiger partial charge in [0, 0.05) is 17.5 Å². The van der Waals surface area contributed by atoms with Gasteiger partial charge in [0.2, 0.25) is 0 Å². The average molecular weight is 302 g/mol. The summed E-state index contributed by atoms with van der Waals surface area (Å²) in [4.78, 5) is 14.9. The zero-order valence-corrected chi connectivity index (χ0v) is 12.9. The van der Waals surface area contributed by atoms with Gasteiger partial charge in [-0.15, -0.1) is 12.6 Å². The minimum Gasteiger partial charge on any atom is -0.395 e. The molecule has 0 radical (unpaired) electrons. The van der Waals surface area contributed by atoms with Crippen LogP contribution in [0.2, 0.25) is 5.02 Å². The molecular formula is C14H20ClNO2S. The summed E-state index contributed by atoms with van der Waals surface area (Å²) in [5.41, 5.74) is 0.439. The van der Waals surface area contributed by atoms with Crippen molar-refractivity contribution in [3.63, 3.8) is 0 Å². The van der Waals surface area contributed by atoms with Gasteiger partial charge in [-0.3, -0.25) is 4.79 Å². The van der Waals surface area contributed by atoms with E-state index in [0.717, 1.165) is 12.8 Å². The van der Waals surface area contributed by atoms with Crippen molar-refractivity contribution in [3.05, 3.63) is 28.8 Å². The zero-order chi connectivity index (χ0) is 14.4. The van der Waals surface area contributed by atoms with Crippen molar-refractivity contribution in [2.45, 2.75) is 37.6 Å². The van der Waals surface area contributed by atoms with Crippen LogP contribution < -0.4 is 0 Å². The highest BCUT2D eigenvalue weighted by atomic mass is 35.5. The first-order chi connectivity index (χ1) is 9.04. The number of aliphatic hydroxyl groups excluding tert-OH is 1. The van der Waals surface area contributed by atoms with Gasteiger partial charge in [0.1, 0.15) is 0 Å². The fourth-order valence-electron chi connectivity index (χ4n) is 2.12. The Labute approximate surface area is 125 Å². The molecule has 1 rings (SSSR count). The Morgan fingerprint density at radius 1 is 1.42 bits per heavy atom. The Morgan fingerprint density at radius 3 is 2.58 bits per heavy atom. The van der Waals surface area contributed by atoms with E-state index in [0.29, 0.717) is 22.0 Å². The second-order valence-electron chi connectivity index (χ2n) is 4.36. The summed E-state index contributed by atoms with van der Waals surface area (Å²) in [6.07, 6.45) is 1.70. The maximum absolute atomic E-state index is 12.6. The van der Waals surface area contributed by atoms with Gasteiger partial charge in [0.15, 0.2) is 0 Å². The molecule has 0 aromatic heterocycles. The predicted octanol–water partition coefficient (Wildman–Crippen LogP) is 3.25. The van der Waals surface area contributed by atoms with Crippen molar-refractivity contribution >= 4 is 30.1 Å². The first-order valence-electron chi connectivity index (χ1n) is 6.45. The van der Waals surface area contributed by atoms with Gasteiger partial charge >= 0.3 is 0 Å². The van der Waals surface area contributed by atoms with Gasteiger partial charge in [0.25, 0.3) is 5.91 Å². The molecule has 19 heavy (non-hydrogen) atoms. The monoisotopic (exact) mass is 301 g/mol. The van der Waals surface area contributed by atoms with E-state index < -0.39 is 0 Å². The molecule has 0 fully saturated rings. The van der Waals surface area contributed by atoms with Crippen molar-refractivity contribution < 1.29 is 9.90 Å². The molecule has 0 aliphatic rings. The topological polar surface area (TPSA) is 40.5 Å². The molecule has 1 N–H and O–H groups in total. The third-order valence-corrected chi connectivity index (χ3v) is 3.77. The lowest BCUT2D eigenvalue weighted by Gasteiger charge is -2.30. The van der Waals surface area contributed by atoms with Crippen LogP contribution in [0.1, 0.15) is 37.0 Å². The summed E-state index contributed by atoms with van der Waals surface area (Å²) >= 11 is 10.3. The van der Waals surface area contributed by atoms with Crippen LogP contribution in [0, 0.1) is 0 Å². The number of nitrogens with zero attached hydrogens (tertiary/aromatic N) is 1. The number of carbonyl (C=O) groups is 1. The Kier molecular flexibility index (Phi) is 6.69. The van der Waals surface area contributed by atoms with Crippen LogP contribution in [0.25, 0.3) is 0 Å². The third kappa shape index (κ3) is 4.13. The lowest BCUT2D eigenvalue weighted by atomic mass is 10.1. The lowest BCUT2D eigenvalue weighted by molar-refractivity contribution is 0.0622. The average Bonchev–Trinajstić information content (AvgIpc) is 2.41.